The van der Waals surface area contributed by atoms with E-state index in [1.165, 1.54) is 13.0 Å². The third-order valence-corrected chi connectivity index (χ3v) is 5.31. The lowest BCUT2D eigenvalue weighted by molar-refractivity contribution is -0.114. The van der Waals surface area contributed by atoms with Gasteiger partial charge in [0.1, 0.15) is 11.6 Å². The third kappa shape index (κ3) is 5.62. The summed E-state index contributed by atoms with van der Waals surface area (Å²) in [4.78, 5) is 24.3. The minimum atomic E-state index is -3.48. The lowest BCUT2D eigenvalue weighted by Gasteiger charge is -2.18. The molecule has 0 aliphatic carbocycles. The third-order valence-electron chi connectivity index (χ3n) is 4.32. The quantitative estimate of drug-likeness (QED) is 0.532. The summed E-state index contributed by atoms with van der Waals surface area (Å²) in [7, 11) is -3.48. The predicted molar refractivity (Wildman–Crippen MR) is 118 cm³/mol. The van der Waals surface area contributed by atoms with E-state index in [4.69, 9.17) is 0 Å². The number of hydrogen-bond acceptors (Lipinski definition) is 8. The largest absolute Gasteiger partial charge is 0.386 e. The Kier molecular flexibility index (Phi) is 6.05. The number of nitrogens with zero attached hydrogens (tertiary/aromatic N) is 3. The molecule has 0 spiro atoms. The molecule has 3 N–H and O–H groups in total. The van der Waals surface area contributed by atoms with Crippen molar-refractivity contribution in [1.82, 2.24) is 15.0 Å². The number of aliphatic hydroxyl groups is 1. The number of sulfone groups is 1. The summed E-state index contributed by atoms with van der Waals surface area (Å²) in [6.45, 7) is 4.71. The van der Waals surface area contributed by atoms with Crippen molar-refractivity contribution in [2.24, 2.45) is 0 Å². The maximum absolute atomic E-state index is 11.8. The number of rotatable bonds is 6. The Morgan fingerprint density at radius 2 is 1.81 bits per heavy atom. The highest BCUT2D eigenvalue weighted by atomic mass is 32.2. The number of anilines is 3. The monoisotopic (exact) mass is 441 g/mol. The highest BCUT2D eigenvalue weighted by molar-refractivity contribution is 7.90. The SMILES string of the molecule is CC(=O)Nc1cc(Nc2cccc(S(C)(=O)=O)n2)c(-c2ccc(C(C)(C)O)cn2)cn1. The van der Waals surface area contributed by atoms with Crippen LogP contribution < -0.4 is 10.6 Å². The molecule has 0 atom stereocenters. The summed E-state index contributed by atoms with van der Waals surface area (Å²) in [5, 5.41) is 15.8. The summed E-state index contributed by atoms with van der Waals surface area (Å²) in [6, 6.07) is 9.73. The van der Waals surface area contributed by atoms with Gasteiger partial charge in [0, 0.05) is 42.8 Å². The topological polar surface area (TPSA) is 134 Å². The van der Waals surface area contributed by atoms with Crippen LogP contribution in [0.2, 0.25) is 0 Å². The van der Waals surface area contributed by atoms with Crippen molar-refractivity contribution >= 4 is 33.1 Å². The number of nitrogens with one attached hydrogen (secondary N) is 2. The van der Waals surface area contributed by atoms with Crippen LogP contribution in [0.4, 0.5) is 17.3 Å². The van der Waals surface area contributed by atoms with Crippen molar-refractivity contribution in [1.29, 1.82) is 0 Å². The molecule has 0 saturated heterocycles. The minimum absolute atomic E-state index is 0.0668. The van der Waals surface area contributed by atoms with E-state index >= 15 is 0 Å². The Morgan fingerprint density at radius 3 is 2.39 bits per heavy atom. The molecule has 3 aromatic rings. The van der Waals surface area contributed by atoms with Gasteiger partial charge in [-0.15, -0.1) is 0 Å². The van der Waals surface area contributed by atoms with Gasteiger partial charge in [-0.3, -0.25) is 9.78 Å². The zero-order valence-electron chi connectivity index (χ0n) is 17.5. The number of carbonyl (C=O) groups excluding carboxylic acids is 1. The molecular formula is C21H23N5O4S. The van der Waals surface area contributed by atoms with Crippen molar-refractivity contribution in [3.8, 4) is 11.3 Å². The molecule has 0 bridgehead atoms. The minimum Gasteiger partial charge on any atom is -0.386 e. The molecule has 9 nitrogen and oxygen atoms in total. The molecule has 10 heteroatoms. The van der Waals surface area contributed by atoms with Crippen LogP contribution in [-0.4, -0.2) is 40.6 Å². The van der Waals surface area contributed by atoms with Gasteiger partial charge in [0.25, 0.3) is 0 Å². The highest BCUT2D eigenvalue weighted by Crippen LogP contribution is 2.31. The van der Waals surface area contributed by atoms with E-state index in [1.54, 1.807) is 56.6 Å². The normalized spacial score (nSPS) is 11.8. The van der Waals surface area contributed by atoms with Gasteiger partial charge in [-0.1, -0.05) is 12.1 Å². The van der Waals surface area contributed by atoms with E-state index in [9.17, 15) is 18.3 Å². The van der Waals surface area contributed by atoms with Gasteiger partial charge >= 0.3 is 0 Å². The van der Waals surface area contributed by atoms with Crippen LogP contribution in [0.3, 0.4) is 0 Å². The standard InChI is InChI=1S/C21H23N5O4S/c1-13(27)24-19-10-17(25-18-6-5-7-20(26-18)31(4,29)30)15(12-23-19)16-9-8-14(11-22-16)21(2,3)28/h5-12,28H,1-4H3,(H2,23,24,25,26,27). The van der Waals surface area contributed by atoms with Crippen LogP contribution in [-0.2, 0) is 20.2 Å². The second kappa shape index (κ2) is 8.40. The maximum Gasteiger partial charge on any atom is 0.222 e. The molecular weight excluding hydrogens is 418 g/mol. The first-order valence-corrected chi connectivity index (χ1v) is 11.2. The van der Waals surface area contributed by atoms with Crippen LogP contribution in [0.5, 0.6) is 0 Å². The Balaban J connectivity index is 2.05. The first-order valence-electron chi connectivity index (χ1n) is 9.34. The van der Waals surface area contributed by atoms with Crippen molar-refractivity contribution in [3.05, 3.63) is 54.4 Å². The fourth-order valence-electron chi connectivity index (χ4n) is 2.76. The fraction of sp³-hybridized carbons (Fsp3) is 0.238. The number of aromatic nitrogens is 3. The second-order valence-electron chi connectivity index (χ2n) is 7.55. The number of amides is 1. The Morgan fingerprint density at radius 1 is 1.06 bits per heavy atom. The van der Waals surface area contributed by atoms with E-state index in [-0.39, 0.29) is 10.9 Å². The van der Waals surface area contributed by atoms with E-state index in [2.05, 4.69) is 25.6 Å². The Hall–Kier alpha value is -3.37. The van der Waals surface area contributed by atoms with Crippen molar-refractivity contribution in [3.63, 3.8) is 0 Å². The second-order valence-corrected chi connectivity index (χ2v) is 9.51. The molecule has 31 heavy (non-hydrogen) atoms. The van der Waals surface area contributed by atoms with Crippen molar-refractivity contribution < 1.29 is 18.3 Å². The average Bonchev–Trinajstić information content (AvgIpc) is 2.67. The van der Waals surface area contributed by atoms with Gasteiger partial charge in [-0.25, -0.2) is 18.4 Å². The smallest absolute Gasteiger partial charge is 0.222 e. The molecule has 0 unspecified atom stereocenters. The average molecular weight is 442 g/mol. The van der Waals surface area contributed by atoms with Gasteiger partial charge in [0.05, 0.1) is 17.0 Å². The summed E-state index contributed by atoms with van der Waals surface area (Å²) in [5.74, 6) is 0.333. The molecule has 0 aliphatic rings. The molecule has 0 aromatic carbocycles. The van der Waals surface area contributed by atoms with Gasteiger partial charge in [-0.2, -0.15) is 0 Å². The zero-order valence-corrected chi connectivity index (χ0v) is 18.4. The molecule has 3 rings (SSSR count). The maximum atomic E-state index is 11.8. The molecule has 162 valence electrons. The Labute approximate surface area is 180 Å². The van der Waals surface area contributed by atoms with E-state index in [0.29, 0.717) is 34.1 Å². The number of pyridine rings is 3. The first-order chi connectivity index (χ1) is 14.4. The van der Waals surface area contributed by atoms with E-state index in [0.717, 1.165) is 6.26 Å². The van der Waals surface area contributed by atoms with E-state index < -0.39 is 15.4 Å². The van der Waals surface area contributed by atoms with E-state index in [1.807, 2.05) is 0 Å². The van der Waals surface area contributed by atoms with Gasteiger partial charge in [0.2, 0.25) is 5.91 Å². The summed E-state index contributed by atoms with van der Waals surface area (Å²) in [5.41, 5.74) is 1.30. The van der Waals surface area contributed by atoms with Crippen LogP contribution in [0.1, 0.15) is 26.3 Å². The van der Waals surface area contributed by atoms with Gasteiger partial charge in [0.15, 0.2) is 14.9 Å². The summed E-state index contributed by atoms with van der Waals surface area (Å²) < 4.78 is 23.7. The highest BCUT2D eigenvalue weighted by Gasteiger charge is 2.18. The molecule has 3 aromatic heterocycles. The fourth-order valence-corrected chi connectivity index (χ4v) is 3.35. The molecule has 1 amide bonds. The van der Waals surface area contributed by atoms with Gasteiger partial charge in [-0.05, 0) is 32.0 Å². The molecule has 0 aliphatic heterocycles. The van der Waals surface area contributed by atoms with Crippen LogP contribution >= 0.6 is 0 Å². The van der Waals surface area contributed by atoms with Crippen LogP contribution in [0.15, 0.2) is 53.8 Å². The summed E-state index contributed by atoms with van der Waals surface area (Å²) in [6.07, 6.45) is 4.20. The van der Waals surface area contributed by atoms with Gasteiger partial charge < -0.3 is 15.7 Å². The predicted octanol–water partition coefficient (Wildman–Crippen LogP) is 2.87. The summed E-state index contributed by atoms with van der Waals surface area (Å²) >= 11 is 0. The van der Waals surface area contributed by atoms with Crippen LogP contribution in [0.25, 0.3) is 11.3 Å². The molecule has 3 heterocycles. The van der Waals surface area contributed by atoms with Crippen molar-refractivity contribution in [2.45, 2.75) is 31.4 Å². The molecule has 0 radical (unpaired) electrons. The zero-order chi connectivity index (χ0) is 22.8. The Bertz CT molecular complexity index is 1220. The molecule has 0 fully saturated rings. The lowest BCUT2D eigenvalue weighted by atomic mass is 9.99. The van der Waals surface area contributed by atoms with Crippen LogP contribution in [0, 0.1) is 0 Å². The number of hydrogen-bond donors (Lipinski definition) is 3. The lowest BCUT2D eigenvalue weighted by Crippen LogP contribution is -2.15. The van der Waals surface area contributed by atoms with Crippen molar-refractivity contribution in [2.75, 3.05) is 16.9 Å². The molecule has 0 saturated carbocycles. The number of carbonyl (C=O) groups is 1. The first kappa shape index (κ1) is 22.3.